The topological polar surface area (TPSA) is 82.1 Å². The lowest BCUT2D eigenvalue weighted by molar-refractivity contribution is -0.135. The molecule has 2 aromatic carbocycles. The maximum Gasteiger partial charge on any atom is 0.246 e. The SMILES string of the molecule is C=CC(=O)N1CCN(C(=O)CNc2cc(-c3ccccc3)c(OC)cc2O)CC1. The van der Waals surface area contributed by atoms with Gasteiger partial charge < -0.3 is 25.0 Å². The summed E-state index contributed by atoms with van der Waals surface area (Å²) in [6, 6.07) is 13.0. The van der Waals surface area contributed by atoms with Crippen LogP contribution in [0.5, 0.6) is 11.5 Å². The Kier molecular flexibility index (Phi) is 6.39. The van der Waals surface area contributed by atoms with Crippen molar-refractivity contribution < 1.29 is 19.4 Å². The zero-order valence-corrected chi connectivity index (χ0v) is 16.4. The van der Waals surface area contributed by atoms with Gasteiger partial charge in [-0.15, -0.1) is 0 Å². The van der Waals surface area contributed by atoms with Crippen LogP contribution in [-0.4, -0.2) is 66.6 Å². The Balaban J connectivity index is 1.67. The minimum atomic E-state index is -0.119. The van der Waals surface area contributed by atoms with Gasteiger partial charge in [0, 0.05) is 37.8 Å². The molecule has 1 saturated heterocycles. The van der Waals surface area contributed by atoms with Crippen LogP contribution in [0, 0.1) is 0 Å². The second kappa shape index (κ2) is 9.14. The quantitative estimate of drug-likeness (QED) is 0.580. The van der Waals surface area contributed by atoms with Gasteiger partial charge in [0.1, 0.15) is 11.5 Å². The lowest BCUT2D eigenvalue weighted by Gasteiger charge is -2.34. The number of ether oxygens (including phenoxy) is 1. The molecular formula is C22H25N3O4. The Hall–Kier alpha value is -3.48. The molecule has 1 aliphatic rings. The number of amides is 2. The number of methoxy groups -OCH3 is 1. The van der Waals surface area contributed by atoms with Crippen LogP contribution < -0.4 is 10.1 Å². The molecule has 2 aromatic rings. The molecule has 2 amide bonds. The summed E-state index contributed by atoms with van der Waals surface area (Å²) in [5.74, 6) is 0.350. The average molecular weight is 395 g/mol. The molecular weight excluding hydrogens is 370 g/mol. The second-order valence-corrected chi connectivity index (χ2v) is 6.70. The van der Waals surface area contributed by atoms with Gasteiger partial charge in [-0.05, 0) is 17.7 Å². The Morgan fingerprint density at radius 2 is 1.79 bits per heavy atom. The maximum atomic E-state index is 12.5. The largest absolute Gasteiger partial charge is 0.506 e. The van der Waals surface area contributed by atoms with E-state index in [-0.39, 0.29) is 24.1 Å². The first kappa shape index (κ1) is 20.3. The van der Waals surface area contributed by atoms with E-state index in [1.165, 1.54) is 12.1 Å². The van der Waals surface area contributed by atoms with E-state index in [0.717, 1.165) is 11.1 Å². The molecule has 1 heterocycles. The van der Waals surface area contributed by atoms with Crippen molar-refractivity contribution in [3.63, 3.8) is 0 Å². The number of piperazine rings is 1. The van der Waals surface area contributed by atoms with Gasteiger partial charge in [0.15, 0.2) is 0 Å². The molecule has 29 heavy (non-hydrogen) atoms. The second-order valence-electron chi connectivity index (χ2n) is 6.70. The van der Waals surface area contributed by atoms with Gasteiger partial charge >= 0.3 is 0 Å². The molecule has 152 valence electrons. The standard InChI is InChI=1S/C22H25N3O4/c1-3-21(27)24-9-11-25(12-10-24)22(28)15-23-18-13-17(16-7-5-4-6-8-16)20(29-2)14-19(18)26/h3-8,13-14,23,26H,1,9-12,15H2,2H3. The summed E-state index contributed by atoms with van der Waals surface area (Å²) >= 11 is 0. The number of rotatable bonds is 6. The Morgan fingerprint density at radius 1 is 1.14 bits per heavy atom. The van der Waals surface area contributed by atoms with Crippen molar-refractivity contribution in [3.05, 3.63) is 55.1 Å². The molecule has 0 radical (unpaired) electrons. The van der Waals surface area contributed by atoms with Crippen LogP contribution >= 0.6 is 0 Å². The summed E-state index contributed by atoms with van der Waals surface area (Å²) in [7, 11) is 1.55. The lowest BCUT2D eigenvalue weighted by Crippen LogP contribution is -2.51. The van der Waals surface area contributed by atoms with Gasteiger partial charge in [-0.2, -0.15) is 0 Å². The average Bonchev–Trinajstić information content (AvgIpc) is 2.77. The van der Waals surface area contributed by atoms with Crippen molar-refractivity contribution in [2.24, 2.45) is 0 Å². The number of anilines is 1. The summed E-state index contributed by atoms with van der Waals surface area (Å²) in [6.45, 7) is 5.46. The van der Waals surface area contributed by atoms with Gasteiger partial charge in [-0.25, -0.2) is 0 Å². The van der Waals surface area contributed by atoms with Gasteiger partial charge in [0.25, 0.3) is 0 Å². The Morgan fingerprint density at radius 3 is 2.41 bits per heavy atom. The number of phenolic OH excluding ortho intramolecular Hbond substituents is 1. The van der Waals surface area contributed by atoms with E-state index in [1.807, 2.05) is 30.3 Å². The maximum absolute atomic E-state index is 12.5. The van der Waals surface area contributed by atoms with Crippen molar-refractivity contribution in [2.75, 3.05) is 45.2 Å². The van der Waals surface area contributed by atoms with Crippen LogP contribution in [0.3, 0.4) is 0 Å². The number of phenols is 1. The Bertz CT molecular complexity index is 890. The minimum absolute atomic E-state index is 0.00994. The van der Waals surface area contributed by atoms with E-state index in [2.05, 4.69) is 11.9 Å². The normalized spacial score (nSPS) is 13.7. The highest BCUT2D eigenvalue weighted by molar-refractivity contribution is 5.87. The zero-order valence-electron chi connectivity index (χ0n) is 16.4. The zero-order chi connectivity index (χ0) is 20.8. The van der Waals surface area contributed by atoms with E-state index < -0.39 is 0 Å². The number of carbonyl (C=O) groups is 2. The highest BCUT2D eigenvalue weighted by Crippen LogP contribution is 2.38. The molecule has 0 aromatic heterocycles. The summed E-state index contributed by atoms with van der Waals surface area (Å²) in [6.07, 6.45) is 1.29. The molecule has 1 aliphatic heterocycles. The summed E-state index contributed by atoms with van der Waals surface area (Å²) in [5, 5.41) is 13.3. The van der Waals surface area contributed by atoms with Crippen LogP contribution in [0.1, 0.15) is 0 Å². The van der Waals surface area contributed by atoms with E-state index in [1.54, 1.807) is 23.0 Å². The van der Waals surface area contributed by atoms with Crippen LogP contribution in [0.4, 0.5) is 5.69 Å². The van der Waals surface area contributed by atoms with Gasteiger partial charge in [0.2, 0.25) is 11.8 Å². The monoisotopic (exact) mass is 395 g/mol. The third kappa shape index (κ3) is 4.68. The van der Waals surface area contributed by atoms with Gasteiger partial charge in [0.05, 0.1) is 19.3 Å². The third-order valence-electron chi connectivity index (χ3n) is 4.95. The molecule has 1 fully saturated rings. The molecule has 0 saturated carbocycles. The lowest BCUT2D eigenvalue weighted by atomic mass is 10.0. The fourth-order valence-electron chi connectivity index (χ4n) is 3.31. The first-order valence-corrected chi connectivity index (χ1v) is 9.43. The van der Waals surface area contributed by atoms with Crippen LogP contribution in [0.15, 0.2) is 55.1 Å². The number of hydrogen-bond acceptors (Lipinski definition) is 5. The van der Waals surface area contributed by atoms with E-state index in [4.69, 9.17) is 4.74 Å². The van der Waals surface area contributed by atoms with Crippen LogP contribution in [0.2, 0.25) is 0 Å². The van der Waals surface area contributed by atoms with Crippen molar-refractivity contribution in [1.29, 1.82) is 0 Å². The number of benzene rings is 2. The minimum Gasteiger partial charge on any atom is -0.506 e. The van der Waals surface area contributed by atoms with Crippen LogP contribution in [-0.2, 0) is 9.59 Å². The number of carbonyl (C=O) groups excluding carboxylic acids is 2. The first-order chi connectivity index (χ1) is 14.0. The molecule has 7 heteroatoms. The summed E-state index contributed by atoms with van der Waals surface area (Å²) < 4.78 is 5.39. The molecule has 0 spiro atoms. The van der Waals surface area contributed by atoms with Gasteiger partial charge in [-0.1, -0.05) is 36.9 Å². The van der Waals surface area contributed by atoms with Crippen molar-refractivity contribution in [1.82, 2.24) is 9.80 Å². The predicted octanol–water partition coefficient (Wildman–Crippen LogP) is 2.34. The van der Waals surface area contributed by atoms with E-state index in [0.29, 0.717) is 37.6 Å². The number of aromatic hydroxyl groups is 1. The van der Waals surface area contributed by atoms with Crippen molar-refractivity contribution in [3.8, 4) is 22.6 Å². The van der Waals surface area contributed by atoms with Crippen molar-refractivity contribution >= 4 is 17.5 Å². The summed E-state index contributed by atoms with van der Waals surface area (Å²) in [5.41, 5.74) is 2.22. The highest BCUT2D eigenvalue weighted by atomic mass is 16.5. The molecule has 0 bridgehead atoms. The smallest absolute Gasteiger partial charge is 0.246 e. The molecule has 0 unspecified atom stereocenters. The fraction of sp³-hybridized carbons (Fsp3) is 0.273. The highest BCUT2D eigenvalue weighted by Gasteiger charge is 2.23. The molecule has 7 nitrogen and oxygen atoms in total. The van der Waals surface area contributed by atoms with Crippen molar-refractivity contribution in [2.45, 2.75) is 0 Å². The van der Waals surface area contributed by atoms with E-state index in [9.17, 15) is 14.7 Å². The first-order valence-electron chi connectivity index (χ1n) is 9.43. The number of nitrogens with one attached hydrogen (secondary N) is 1. The summed E-state index contributed by atoms with van der Waals surface area (Å²) in [4.78, 5) is 27.6. The molecule has 3 rings (SSSR count). The molecule has 2 N–H and O–H groups in total. The van der Waals surface area contributed by atoms with Gasteiger partial charge in [-0.3, -0.25) is 9.59 Å². The number of nitrogens with zero attached hydrogens (tertiary/aromatic N) is 2. The molecule has 0 aliphatic carbocycles. The third-order valence-corrected chi connectivity index (χ3v) is 4.95. The Labute approximate surface area is 170 Å². The van der Waals surface area contributed by atoms with Crippen LogP contribution in [0.25, 0.3) is 11.1 Å². The number of hydrogen-bond donors (Lipinski definition) is 2. The predicted molar refractivity (Wildman–Crippen MR) is 112 cm³/mol. The fourth-order valence-corrected chi connectivity index (χ4v) is 3.31. The van der Waals surface area contributed by atoms with E-state index >= 15 is 0 Å². The molecule has 0 atom stereocenters.